The minimum absolute atomic E-state index is 0.00698. The van der Waals surface area contributed by atoms with Gasteiger partial charge in [0.2, 0.25) is 6.29 Å². The molecule has 1 amide bonds. The van der Waals surface area contributed by atoms with E-state index >= 15 is 0 Å². The molecular weight excluding hydrogens is 398 g/mol. The van der Waals surface area contributed by atoms with Crippen LogP contribution in [0.1, 0.15) is 31.2 Å². The summed E-state index contributed by atoms with van der Waals surface area (Å²) < 4.78 is 12.6. The van der Waals surface area contributed by atoms with Crippen LogP contribution in [0.25, 0.3) is 0 Å². The molecule has 26 heavy (non-hydrogen) atoms. The number of aliphatic hydroxyl groups is 1. The maximum absolute atomic E-state index is 12.4. The molecule has 1 aromatic rings. The number of carbonyl (C=O) groups excluding carboxylic acids is 1. The Labute approximate surface area is 162 Å². The summed E-state index contributed by atoms with van der Waals surface area (Å²) in [7, 11) is 0. The Kier molecular flexibility index (Phi) is 8.17. The van der Waals surface area contributed by atoms with Gasteiger partial charge in [0.05, 0.1) is 6.54 Å². The minimum atomic E-state index is -0.559. The van der Waals surface area contributed by atoms with Crippen molar-refractivity contribution in [3.05, 3.63) is 46.1 Å². The van der Waals surface area contributed by atoms with Gasteiger partial charge in [0, 0.05) is 29.5 Å². The van der Waals surface area contributed by atoms with Crippen LogP contribution in [0.4, 0.5) is 0 Å². The van der Waals surface area contributed by atoms with Crippen LogP contribution in [0.15, 0.2) is 40.6 Å². The van der Waals surface area contributed by atoms with Crippen LogP contribution in [0.3, 0.4) is 0 Å². The molecule has 2 rings (SSSR count). The molecule has 5 nitrogen and oxygen atoms in total. The molecule has 1 heterocycles. The van der Waals surface area contributed by atoms with Crippen molar-refractivity contribution < 1.29 is 19.4 Å². The van der Waals surface area contributed by atoms with E-state index in [1.54, 1.807) is 0 Å². The molecule has 140 valence electrons. The smallest absolute Gasteiger partial charge is 0.286 e. The van der Waals surface area contributed by atoms with Gasteiger partial charge in [0.1, 0.15) is 0 Å². The van der Waals surface area contributed by atoms with Gasteiger partial charge in [-0.25, -0.2) is 0 Å². The Morgan fingerprint density at radius 2 is 2.15 bits per heavy atom. The Morgan fingerprint density at radius 3 is 2.77 bits per heavy atom. The first-order valence-corrected chi connectivity index (χ1v) is 9.48. The van der Waals surface area contributed by atoms with E-state index in [1.165, 1.54) is 0 Å². The number of benzene rings is 1. The maximum Gasteiger partial charge on any atom is 0.286 e. The van der Waals surface area contributed by atoms with Crippen molar-refractivity contribution in [1.82, 2.24) is 5.32 Å². The Morgan fingerprint density at radius 1 is 1.42 bits per heavy atom. The monoisotopic (exact) mass is 421 g/mol. The van der Waals surface area contributed by atoms with Crippen LogP contribution in [0, 0.1) is 18.3 Å². The number of rotatable bonds is 8. The lowest BCUT2D eigenvalue weighted by atomic mass is 9.80. The van der Waals surface area contributed by atoms with Crippen LogP contribution in [0.5, 0.6) is 0 Å². The highest BCUT2D eigenvalue weighted by atomic mass is 79.9. The standard InChI is InChI=1S/C20H24BrNO4/c1-3-11-22-19(24)18-13-17(14-7-9-15(21)10-8-14)16(6-5-12-23)20(26-18)25-4-2/h1,7-10,13,16-17,20,23H,4-6,11-12H2,2H3,(H,22,24)/t16-,17-,20-/m0/s1. The summed E-state index contributed by atoms with van der Waals surface area (Å²) in [6.45, 7) is 2.58. The third kappa shape index (κ3) is 5.34. The molecule has 1 aliphatic heterocycles. The number of ether oxygens (including phenoxy) is 2. The van der Waals surface area contributed by atoms with Crippen LogP contribution < -0.4 is 5.32 Å². The molecule has 0 bridgehead atoms. The second kappa shape index (κ2) is 10.4. The number of hydrogen-bond donors (Lipinski definition) is 2. The average molecular weight is 422 g/mol. The van der Waals surface area contributed by atoms with Crippen molar-refractivity contribution in [3.63, 3.8) is 0 Å². The van der Waals surface area contributed by atoms with Gasteiger partial charge in [-0.1, -0.05) is 34.0 Å². The molecule has 0 aromatic heterocycles. The fourth-order valence-electron chi connectivity index (χ4n) is 3.05. The molecule has 0 unspecified atom stereocenters. The number of halogens is 1. The molecule has 0 spiro atoms. The van der Waals surface area contributed by atoms with Gasteiger partial charge >= 0.3 is 0 Å². The Hall–Kier alpha value is -1.81. The molecule has 0 aliphatic carbocycles. The zero-order chi connectivity index (χ0) is 18.9. The first-order valence-electron chi connectivity index (χ1n) is 8.68. The summed E-state index contributed by atoms with van der Waals surface area (Å²) in [4.78, 5) is 12.4. The topological polar surface area (TPSA) is 67.8 Å². The summed E-state index contributed by atoms with van der Waals surface area (Å²) >= 11 is 3.45. The van der Waals surface area contributed by atoms with E-state index < -0.39 is 6.29 Å². The van der Waals surface area contributed by atoms with E-state index in [9.17, 15) is 9.90 Å². The van der Waals surface area contributed by atoms with Crippen molar-refractivity contribution in [3.8, 4) is 12.3 Å². The number of carbonyl (C=O) groups is 1. The van der Waals surface area contributed by atoms with Crippen LogP contribution in [-0.2, 0) is 14.3 Å². The van der Waals surface area contributed by atoms with Crippen molar-refractivity contribution >= 4 is 21.8 Å². The molecule has 0 saturated heterocycles. The van der Waals surface area contributed by atoms with Gasteiger partial charge in [-0.15, -0.1) is 6.42 Å². The zero-order valence-electron chi connectivity index (χ0n) is 14.8. The van der Waals surface area contributed by atoms with E-state index in [0.717, 1.165) is 16.5 Å². The number of terminal acetylenes is 1. The van der Waals surface area contributed by atoms with Gasteiger partial charge in [0.25, 0.3) is 5.91 Å². The van der Waals surface area contributed by atoms with Gasteiger partial charge in [-0.05, 0) is 43.5 Å². The molecular formula is C20H24BrNO4. The van der Waals surface area contributed by atoms with Crippen molar-refractivity contribution in [2.45, 2.75) is 32.0 Å². The maximum atomic E-state index is 12.4. The average Bonchev–Trinajstić information content (AvgIpc) is 2.65. The summed E-state index contributed by atoms with van der Waals surface area (Å²) in [5.74, 6) is 2.17. The van der Waals surface area contributed by atoms with E-state index in [4.69, 9.17) is 15.9 Å². The van der Waals surface area contributed by atoms with Gasteiger partial charge in [-0.3, -0.25) is 4.79 Å². The third-order valence-electron chi connectivity index (χ3n) is 4.24. The largest absolute Gasteiger partial charge is 0.459 e. The first-order chi connectivity index (χ1) is 12.6. The quantitative estimate of drug-likeness (QED) is 0.633. The van der Waals surface area contributed by atoms with Crippen LogP contribution in [0.2, 0.25) is 0 Å². The van der Waals surface area contributed by atoms with E-state index in [-0.39, 0.29) is 36.7 Å². The second-order valence-corrected chi connectivity index (χ2v) is 6.88. The van der Waals surface area contributed by atoms with Gasteiger partial charge in [-0.2, -0.15) is 0 Å². The van der Waals surface area contributed by atoms with Crippen molar-refractivity contribution in [2.75, 3.05) is 19.8 Å². The highest BCUT2D eigenvalue weighted by Gasteiger charge is 2.37. The first kappa shape index (κ1) is 20.5. The lowest BCUT2D eigenvalue weighted by molar-refractivity contribution is -0.166. The number of allylic oxidation sites excluding steroid dienone is 1. The molecule has 1 aromatic carbocycles. The lowest BCUT2D eigenvalue weighted by Crippen LogP contribution is -2.39. The SMILES string of the molecule is C#CCNC(=O)C1=C[C@@H](c2ccc(Br)cc2)[C@H](CCCO)[C@@H](OCC)O1. The molecule has 3 atom stereocenters. The van der Waals surface area contributed by atoms with E-state index in [2.05, 4.69) is 27.2 Å². The minimum Gasteiger partial charge on any atom is -0.459 e. The molecule has 0 saturated carbocycles. The Balaban J connectivity index is 2.37. The number of aliphatic hydroxyl groups excluding tert-OH is 1. The number of nitrogens with one attached hydrogen (secondary N) is 1. The fraction of sp³-hybridized carbons (Fsp3) is 0.450. The van der Waals surface area contributed by atoms with E-state index in [0.29, 0.717) is 13.0 Å². The summed E-state index contributed by atoms with van der Waals surface area (Å²) in [6, 6.07) is 7.97. The van der Waals surface area contributed by atoms with Gasteiger partial charge < -0.3 is 19.9 Å². The molecule has 2 N–H and O–H groups in total. The molecule has 1 aliphatic rings. The Bertz CT molecular complexity index is 665. The zero-order valence-corrected chi connectivity index (χ0v) is 16.4. The van der Waals surface area contributed by atoms with Crippen LogP contribution in [-0.4, -0.2) is 37.1 Å². The highest BCUT2D eigenvalue weighted by molar-refractivity contribution is 9.10. The van der Waals surface area contributed by atoms with Crippen LogP contribution >= 0.6 is 15.9 Å². The lowest BCUT2D eigenvalue weighted by Gasteiger charge is -2.37. The third-order valence-corrected chi connectivity index (χ3v) is 4.77. The highest BCUT2D eigenvalue weighted by Crippen LogP contribution is 2.39. The van der Waals surface area contributed by atoms with Crippen molar-refractivity contribution in [1.29, 1.82) is 0 Å². The fourth-order valence-corrected chi connectivity index (χ4v) is 3.31. The van der Waals surface area contributed by atoms with Gasteiger partial charge in [0.15, 0.2) is 5.76 Å². The molecule has 6 heteroatoms. The molecule has 0 fully saturated rings. The predicted octanol–water partition coefficient (Wildman–Crippen LogP) is 2.95. The molecule has 0 radical (unpaired) electrons. The summed E-state index contributed by atoms with van der Waals surface area (Å²) in [6.07, 6.45) is 7.84. The predicted molar refractivity (Wildman–Crippen MR) is 103 cm³/mol. The number of hydrogen-bond acceptors (Lipinski definition) is 4. The van der Waals surface area contributed by atoms with Crippen molar-refractivity contribution in [2.24, 2.45) is 5.92 Å². The summed E-state index contributed by atoms with van der Waals surface area (Å²) in [5, 5.41) is 11.9. The normalized spacial score (nSPS) is 22.1. The second-order valence-electron chi connectivity index (χ2n) is 5.97. The summed E-state index contributed by atoms with van der Waals surface area (Å²) in [5.41, 5.74) is 1.06. The number of amides is 1. The van der Waals surface area contributed by atoms with E-state index in [1.807, 2.05) is 37.3 Å².